The van der Waals surface area contributed by atoms with E-state index in [1.54, 1.807) is 43.3 Å². The topological polar surface area (TPSA) is 212 Å². The predicted molar refractivity (Wildman–Crippen MR) is 124 cm³/mol. The fourth-order valence-electron chi connectivity index (χ4n) is 3.16. The number of hydrazone groups is 1. The number of primary amides is 1. The second-order valence-electron chi connectivity index (χ2n) is 7.22. The minimum atomic E-state index is -0.675. The first-order valence-corrected chi connectivity index (χ1v) is 10.1. The molecule has 2 amide bonds. The number of nitrogens with one attached hydrogen (secondary N) is 2. The zero-order chi connectivity index (χ0) is 24.9. The van der Waals surface area contributed by atoms with Crippen molar-refractivity contribution in [2.45, 2.75) is 13.5 Å². The highest BCUT2D eigenvalue weighted by atomic mass is 16.6. The Kier molecular flexibility index (Phi) is 6.35. The first-order valence-electron chi connectivity index (χ1n) is 10.1. The number of rotatable bonds is 8. The number of phenols is 1. The summed E-state index contributed by atoms with van der Waals surface area (Å²) < 4.78 is 5.82. The maximum Gasteiger partial charge on any atom is 0.293 e. The zero-order valence-corrected chi connectivity index (χ0v) is 18.3. The van der Waals surface area contributed by atoms with Crippen LogP contribution >= 0.6 is 0 Å². The number of benzene rings is 2. The first-order chi connectivity index (χ1) is 16.8. The molecule has 7 N–H and O–H groups in total. The van der Waals surface area contributed by atoms with E-state index >= 15 is 0 Å². The maximum absolute atomic E-state index is 12.9. The molecular weight excluding hydrogens is 456 g/mol. The number of anilines is 2. The molecular formula is C21H20N10O4. The molecule has 0 saturated carbocycles. The SMILES string of the molecule is C/C(=N/NC(=O)c1nnn(-c2nonc2N)c1CNc1ccccc1C(N)=O)c1cccc(O)c1. The Morgan fingerprint density at radius 2 is 1.97 bits per heavy atom. The third-order valence-corrected chi connectivity index (χ3v) is 4.90. The zero-order valence-electron chi connectivity index (χ0n) is 18.3. The lowest BCUT2D eigenvalue weighted by atomic mass is 10.1. The molecule has 178 valence electrons. The number of phenolic OH excluding ortho intramolecular Hbond substituents is 1. The van der Waals surface area contributed by atoms with Crippen molar-refractivity contribution >= 4 is 29.0 Å². The molecule has 0 saturated heterocycles. The van der Waals surface area contributed by atoms with Gasteiger partial charge in [-0.25, -0.2) is 10.1 Å². The van der Waals surface area contributed by atoms with Gasteiger partial charge in [0.25, 0.3) is 11.8 Å². The van der Waals surface area contributed by atoms with Crippen LogP contribution in [0.2, 0.25) is 0 Å². The van der Waals surface area contributed by atoms with Gasteiger partial charge in [-0.1, -0.05) is 29.5 Å². The van der Waals surface area contributed by atoms with Gasteiger partial charge in [-0.2, -0.15) is 9.78 Å². The van der Waals surface area contributed by atoms with Gasteiger partial charge in [0, 0.05) is 11.3 Å². The smallest absolute Gasteiger partial charge is 0.293 e. The van der Waals surface area contributed by atoms with Crippen molar-refractivity contribution < 1.29 is 19.3 Å². The van der Waals surface area contributed by atoms with Gasteiger partial charge < -0.3 is 21.9 Å². The van der Waals surface area contributed by atoms with Crippen LogP contribution in [0.15, 0.2) is 58.3 Å². The Morgan fingerprint density at radius 1 is 1.17 bits per heavy atom. The van der Waals surface area contributed by atoms with Gasteiger partial charge in [-0.3, -0.25) is 9.59 Å². The molecule has 2 aromatic heterocycles. The van der Waals surface area contributed by atoms with E-state index in [2.05, 4.69) is 41.1 Å². The molecule has 0 bridgehead atoms. The van der Waals surface area contributed by atoms with Crippen molar-refractivity contribution in [3.63, 3.8) is 0 Å². The second kappa shape index (κ2) is 9.70. The van der Waals surface area contributed by atoms with Crippen LogP contribution in [0.5, 0.6) is 5.75 Å². The third kappa shape index (κ3) is 4.90. The Labute approximate surface area is 197 Å². The molecule has 0 aliphatic rings. The lowest BCUT2D eigenvalue weighted by Gasteiger charge is -2.11. The van der Waals surface area contributed by atoms with E-state index in [-0.39, 0.29) is 40.9 Å². The molecule has 0 aliphatic carbocycles. The Morgan fingerprint density at radius 3 is 2.69 bits per heavy atom. The number of hydrogen-bond acceptors (Lipinski definition) is 11. The summed E-state index contributed by atoms with van der Waals surface area (Å²) in [5, 5.41) is 31.9. The normalized spacial score (nSPS) is 11.3. The molecule has 0 aliphatic heterocycles. The van der Waals surface area contributed by atoms with Crippen molar-refractivity contribution in [1.82, 2.24) is 30.7 Å². The monoisotopic (exact) mass is 476 g/mol. The molecule has 14 nitrogen and oxygen atoms in total. The fraction of sp³-hybridized carbons (Fsp3) is 0.0952. The van der Waals surface area contributed by atoms with Crippen LogP contribution in [0.25, 0.3) is 5.82 Å². The van der Waals surface area contributed by atoms with Crippen molar-refractivity contribution in [3.8, 4) is 11.6 Å². The number of hydrogen-bond donors (Lipinski definition) is 5. The minimum Gasteiger partial charge on any atom is -0.508 e. The van der Waals surface area contributed by atoms with Crippen molar-refractivity contribution in [3.05, 3.63) is 71.0 Å². The van der Waals surface area contributed by atoms with E-state index in [1.807, 2.05) is 0 Å². The van der Waals surface area contributed by atoms with Gasteiger partial charge in [0.05, 0.1) is 23.5 Å². The van der Waals surface area contributed by atoms with Gasteiger partial charge >= 0.3 is 0 Å². The maximum atomic E-state index is 12.9. The summed E-state index contributed by atoms with van der Waals surface area (Å²) in [6, 6.07) is 13.0. The summed E-state index contributed by atoms with van der Waals surface area (Å²) in [6.45, 7) is 1.64. The first kappa shape index (κ1) is 22.9. The number of para-hydroxylation sites is 1. The van der Waals surface area contributed by atoms with Crippen molar-refractivity contribution in [1.29, 1.82) is 0 Å². The molecule has 0 unspecified atom stereocenters. The van der Waals surface area contributed by atoms with E-state index in [1.165, 1.54) is 16.8 Å². The molecule has 0 fully saturated rings. The molecule has 4 rings (SSSR count). The van der Waals surface area contributed by atoms with Crippen LogP contribution in [0.1, 0.15) is 39.0 Å². The van der Waals surface area contributed by atoms with Crippen LogP contribution < -0.4 is 22.2 Å². The van der Waals surface area contributed by atoms with Gasteiger partial charge in [-0.05, 0) is 41.5 Å². The third-order valence-electron chi connectivity index (χ3n) is 4.90. The van der Waals surface area contributed by atoms with Crippen molar-refractivity contribution in [2.75, 3.05) is 11.1 Å². The molecule has 0 atom stereocenters. The molecule has 35 heavy (non-hydrogen) atoms. The summed E-state index contributed by atoms with van der Waals surface area (Å²) in [7, 11) is 0. The number of nitrogens with two attached hydrogens (primary N) is 2. The van der Waals surface area contributed by atoms with Gasteiger partial charge in [0.1, 0.15) is 5.75 Å². The molecule has 2 heterocycles. The van der Waals surface area contributed by atoms with Crippen LogP contribution in [0.3, 0.4) is 0 Å². The van der Waals surface area contributed by atoms with Gasteiger partial charge in [0.2, 0.25) is 11.6 Å². The Balaban J connectivity index is 1.64. The molecule has 4 aromatic rings. The molecule has 14 heteroatoms. The fourth-order valence-corrected chi connectivity index (χ4v) is 3.16. The van der Waals surface area contributed by atoms with Crippen LogP contribution in [0, 0.1) is 0 Å². The van der Waals surface area contributed by atoms with E-state index < -0.39 is 11.8 Å². The van der Waals surface area contributed by atoms with E-state index in [0.29, 0.717) is 17.0 Å². The van der Waals surface area contributed by atoms with E-state index in [0.717, 1.165) is 0 Å². The Hall–Kier alpha value is -5.27. The Bertz CT molecular complexity index is 1420. The predicted octanol–water partition coefficient (Wildman–Crippen LogP) is 0.803. The highest BCUT2D eigenvalue weighted by Crippen LogP contribution is 2.20. The van der Waals surface area contributed by atoms with E-state index in [4.69, 9.17) is 11.5 Å². The summed E-state index contributed by atoms with van der Waals surface area (Å²) in [6.07, 6.45) is 0. The summed E-state index contributed by atoms with van der Waals surface area (Å²) in [4.78, 5) is 24.7. The molecule has 0 spiro atoms. The standard InChI is InChI=1S/C21H20N10O4/c1-11(12-5-4-6-13(32)9-12)25-27-21(34)17-16(31(30-26-17)20-18(22)28-35-29-20)10-24-15-8-3-2-7-14(15)19(23)33/h2-9,24,32H,10H2,1H3,(H2,22,28)(H2,23,33)(H,27,34)/b25-11-. The highest BCUT2D eigenvalue weighted by Gasteiger charge is 2.24. The summed E-state index contributed by atoms with van der Waals surface area (Å²) in [5.41, 5.74) is 15.5. The number of nitrogen functional groups attached to an aromatic ring is 1. The lowest BCUT2D eigenvalue weighted by Crippen LogP contribution is -2.23. The number of aromatic hydroxyl groups is 1. The quantitative estimate of drug-likeness (QED) is 0.178. The van der Waals surface area contributed by atoms with Crippen LogP contribution in [-0.4, -0.2) is 47.9 Å². The number of amides is 2. The van der Waals surface area contributed by atoms with E-state index in [9.17, 15) is 14.7 Å². The number of carbonyl (C=O) groups excluding carboxylic acids is 2. The van der Waals surface area contributed by atoms with Gasteiger partial charge in [0.15, 0.2) is 5.69 Å². The largest absolute Gasteiger partial charge is 0.508 e. The molecule has 2 aromatic carbocycles. The summed E-state index contributed by atoms with van der Waals surface area (Å²) >= 11 is 0. The number of nitrogens with zero attached hydrogens (tertiary/aromatic N) is 6. The minimum absolute atomic E-state index is 0.0241. The number of carbonyl (C=O) groups is 2. The highest BCUT2D eigenvalue weighted by molar-refractivity contribution is 6.01. The lowest BCUT2D eigenvalue weighted by molar-refractivity contribution is 0.0947. The average Bonchev–Trinajstić information content (AvgIpc) is 3.46. The van der Waals surface area contributed by atoms with Gasteiger partial charge in [-0.15, -0.1) is 5.10 Å². The molecule has 0 radical (unpaired) electrons. The summed E-state index contributed by atoms with van der Waals surface area (Å²) in [5.74, 6) is -1.28. The second-order valence-corrected chi connectivity index (χ2v) is 7.22. The van der Waals surface area contributed by atoms with Crippen molar-refractivity contribution in [2.24, 2.45) is 10.8 Å². The number of aromatic nitrogens is 5. The van der Waals surface area contributed by atoms with Crippen LogP contribution in [0.4, 0.5) is 11.5 Å². The average molecular weight is 476 g/mol. The van der Waals surface area contributed by atoms with Crippen LogP contribution in [-0.2, 0) is 6.54 Å².